The molecule has 1 aromatic heterocycles. The van der Waals surface area contributed by atoms with Crippen LogP contribution in [0.15, 0.2) is 60.7 Å². The van der Waals surface area contributed by atoms with Crippen molar-refractivity contribution in [2.24, 2.45) is 0 Å². The third-order valence-electron chi connectivity index (χ3n) is 6.25. The summed E-state index contributed by atoms with van der Waals surface area (Å²) in [7, 11) is 0. The highest BCUT2D eigenvalue weighted by atomic mass is 35.5. The molecule has 2 amide bonds. The van der Waals surface area contributed by atoms with Gasteiger partial charge in [-0.15, -0.1) is 0 Å². The highest BCUT2D eigenvalue weighted by molar-refractivity contribution is 6.30. The lowest BCUT2D eigenvalue weighted by Gasteiger charge is -2.46. The summed E-state index contributed by atoms with van der Waals surface area (Å²) in [6, 6.07) is 19.2. The summed E-state index contributed by atoms with van der Waals surface area (Å²) in [5.41, 5.74) is 2.45. The SMILES string of the molecule is Cc1cc2n(n1)CC1(c3ccc(Cl)cc3)N(C(=O)CCc3ccccc3)CCN1C2=O. The first-order valence-corrected chi connectivity index (χ1v) is 10.8. The summed E-state index contributed by atoms with van der Waals surface area (Å²) in [5.74, 6) is -0.0680. The van der Waals surface area contributed by atoms with Gasteiger partial charge in [0.05, 0.1) is 12.2 Å². The normalized spacial score (nSPS) is 20.0. The molecule has 0 radical (unpaired) electrons. The van der Waals surface area contributed by atoms with Gasteiger partial charge in [-0.05, 0) is 37.1 Å². The Balaban J connectivity index is 1.54. The average molecular weight is 435 g/mol. The topological polar surface area (TPSA) is 58.4 Å². The molecule has 0 aliphatic carbocycles. The number of aromatic nitrogens is 2. The van der Waals surface area contributed by atoms with E-state index in [0.29, 0.717) is 43.2 Å². The fraction of sp³-hybridized carbons (Fsp3) is 0.292. The summed E-state index contributed by atoms with van der Waals surface area (Å²) in [4.78, 5) is 30.6. The summed E-state index contributed by atoms with van der Waals surface area (Å²) in [6.07, 6.45) is 1.04. The Morgan fingerprint density at radius 1 is 1.10 bits per heavy atom. The number of nitrogens with zero attached hydrogens (tertiary/aromatic N) is 4. The third-order valence-corrected chi connectivity index (χ3v) is 6.51. The van der Waals surface area contributed by atoms with Gasteiger partial charge in [0.15, 0.2) is 5.66 Å². The van der Waals surface area contributed by atoms with Gasteiger partial charge in [0, 0.05) is 30.1 Å². The van der Waals surface area contributed by atoms with Gasteiger partial charge in [0.1, 0.15) is 5.69 Å². The molecule has 1 unspecified atom stereocenters. The molecule has 6 nitrogen and oxygen atoms in total. The molecule has 0 bridgehead atoms. The van der Waals surface area contributed by atoms with E-state index in [4.69, 9.17) is 11.6 Å². The minimum absolute atomic E-state index is 0.0291. The maximum absolute atomic E-state index is 13.5. The fourth-order valence-corrected chi connectivity index (χ4v) is 4.95. The van der Waals surface area contributed by atoms with Crippen molar-refractivity contribution in [1.29, 1.82) is 0 Å². The van der Waals surface area contributed by atoms with E-state index in [0.717, 1.165) is 16.8 Å². The summed E-state index contributed by atoms with van der Waals surface area (Å²) >= 11 is 6.14. The molecule has 2 aromatic carbocycles. The molecule has 158 valence electrons. The van der Waals surface area contributed by atoms with E-state index in [1.165, 1.54) is 0 Å². The largest absolute Gasteiger partial charge is 0.312 e. The maximum Gasteiger partial charge on any atom is 0.274 e. The van der Waals surface area contributed by atoms with Crippen LogP contribution in [-0.4, -0.2) is 44.5 Å². The number of aryl methyl sites for hydroxylation is 2. The van der Waals surface area contributed by atoms with Crippen LogP contribution in [0.4, 0.5) is 0 Å². The van der Waals surface area contributed by atoms with Crippen LogP contribution in [-0.2, 0) is 23.4 Å². The van der Waals surface area contributed by atoms with Gasteiger partial charge in [-0.3, -0.25) is 14.3 Å². The first kappa shape index (κ1) is 19.8. The Bertz CT molecular complexity index is 1140. The predicted molar refractivity (Wildman–Crippen MR) is 118 cm³/mol. The molecule has 1 saturated heterocycles. The monoisotopic (exact) mass is 434 g/mol. The lowest BCUT2D eigenvalue weighted by molar-refractivity contribution is -0.140. The predicted octanol–water partition coefficient (Wildman–Crippen LogP) is 3.63. The van der Waals surface area contributed by atoms with Gasteiger partial charge in [0.2, 0.25) is 5.91 Å². The van der Waals surface area contributed by atoms with Crippen molar-refractivity contribution < 1.29 is 9.59 Å². The molecule has 31 heavy (non-hydrogen) atoms. The zero-order valence-corrected chi connectivity index (χ0v) is 18.0. The molecule has 0 spiro atoms. The van der Waals surface area contributed by atoms with Crippen molar-refractivity contribution in [2.45, 2.75) is 32.0 Å². The zero-order valence-electron chi connectivity index (χ0n) is 17.3. The molecular weight excluding hydrogens is 412 g/mol. The molecular formula is C24H23ClN4O2. The van der Waals surface area contributed by atoms with Crippen molar-refractivity contribution in [2.75, 3.05) is 13.1 Å². The summed E-state index contributed by atoms with van der Waals surface area (Å²) in [6.45, 7) is 3.26. The van der Waals surface area contributed by atoms with Crippen LogP contribution < -0.4 is 0 Å². The van der Waals surface area contributed by atoms with Gasteiger partial charge in [0.25, 0.3) is 5.91 Å². The number of carbonyl (C=O) groups excluding carboxylic acids is 2. The third kappa shape index (κ3) is 3.22. The molecule has 0 N–H and O–H groups in total. The lowest BCUT2D eigenvalue weighted by atomic mass is 9.94. The lowest BCUT2D eigenvalue weighted by Crippen LogP contribution is -2.60. The molecule has 1 fully saturated rings. The Hall–Kier alpha value is -3.12. The van der Waals surface area contributed by atoms with Crippen LogP contribution in [0.1, 0.15) is 33.7 Å². The molecule has 2 aliphatic rings. The molecule has 2 aliphatic heterocycles. The van der Waals surface area contributed by atoms with Crippen LogP contribution in [0.2, 0.25) is 5.02 Å². The number of fused-ring (bicyclic) bond motifs is 2. The number of hydrogen-bond acceptors (Lipinski definition) is 3. The first-order valence-electron chi connectivity index (χ1n) is 10.5. The fourth-order valence-electron chi connectivity index (χ4n) is 4.82. The Morgan fingerprint density at radius 2 is 1.84 bits per heavy atom. The van der Waals surface area contributed by atoms with Gasteiger partial charge >= 0.3 is 0 Å². The second-order valence-corrected chi connectivity index (χ2v) is 8.58. The van der Waals surface area contributed by atoms with Crippen molar-refractivity contribution in [3.05, 3.63) is 88.2 Å². The molecule has 1 atom stereocenters. The van der Waals surface area contributed by atoms with E-state index in [1.54, 1.807) is 4.68 Å². The van der Waals surface area contributed by atoms with Crippen LogP contribution in [0, 0.1) is 6.92 Å². The van der Waals surface area contributed by atoms with Crippen LogP contribution in [0.3, 0.4) is 0 Å². The zero-order chi connectivity index (χ0) is 21.6. The number of rotatable bonds is 4. The van der Waals surface area contributed by atoms with Gasteiger partial charge in [-0.2, -0.15) is 5.10 Å². The number of carbonyl (C=O) groups is 2. The van der Waals surface area contributed by atoms with E-state index in [-0.39, 0.29) is 11.8 Å². The van der Waals surface area contributed by atoms with E-state index in [1.807, 2.05) is 77.4 Å². The Labute approximate surface area is 186 Å². The minimum Gasteiger partial charge on any atom is -0.312 e. The van der Waals surface area contributed by atoms with E-state index in [9.17, 15) is 9.59 Å². The standard InChI is InChI=1S/C24H23ClN4O2/c1-17-15-21-23(31)28-14-13-27(22(30)12-7-18-5-3-2-4-6-18)24(28,16-29(21)26-17)19-8-10-20(25)11-9-19/h2-6,8-11,15H,7,12-14,16H2,1H3. The average Bonchev–Trinajstić information content (AvgIpc) is 3.34. The molecule has 3 heterocycles. The Kier molecular flexibility index (Phi) is 4.82. The number of hydrogen-bond donors (Lipinski definition) is 0. The number of benzene rings is 2. The van der Waals surface area contributed by atoms with E-state index in [2.05, 4.69) is 5.10 Å². The summed E-state index contributed by atoms with van der Waals surface area (Å²) in [5, 5.41) is 5.16. The van der Waals surface area contributed by atoms with Crippen LogP contribution in [0.25, 0.3) is 0 Å². The molecule has 7 heteroatoms. The van der Waals surface area contributed by atoms with Gasteiger partial charge in [-0.25, -0.2) is 0 Å². The van der Waals surface area contributed by atoms with Crippen molar-refractivity contribution in [3.63, 3.8) is 0 Å². The highest BCUT2D eigenvalue weighted by Gasteiger charge is 2.56. The second kappa shape index (κ2) is 7.54. The first-order chi connectivity index (χ1) is 15.0. The molecule has 3 aromatic rings. The number of halogens is 1. The smallest absolute Gasteiger partial charge is 0.274 e. The van der Waals surface area contributed by atoms with Crippen molar-refractivity contribution in [3.8, 4) is 0 Å². The van der Waals surface area contributed by atoms with Gasteiger partial charge in [-0.1, -0.05) is 54.1 Å². The minimum atomic E-state index is -0.902. The second-order valence-electron chi connectivity index (χ2n) is 8.14. The van der Waals surface area contributed by atoms with Crippen molar-refractivity contribution >= 4 is 23.4 Å². The van der Waals surface area contributed by atoms with E-state index >= 15 is 0 Å². The van der Waals surface area contributed by atoms with Crippen molar-refractivity contribution in [1.82, 2.24) is 19.6 Å². The van der Waals surface area contributed by atoms with Crippen LogP contribution in [0.5, 0.6) is 0 Å². The van der Waals surface area contributed by atoms with Gasteiger partial charge < -0.3 is 9.80 Å². The summed E-state index contributed by atoms with van der Waals surface area (Å²) < 4.78 is 1.74. The molecule has 5 rings (SSSR count). The highest BCUT2D eigenvalue weighted by Crippen LogP contribution is 2.43. The quantitative estimate of drug-likeness (QED) is 0.630. The maximum atomic E-state index is 13.5. The Morgan fingerprint density at radius 3 is 2.58 bits per heavy atom. The number of amides is 2. The van der Waals surface area contributed by atoms with Crippen LogP contribution >= 0.6 is 11.6 Å². The van der Waals surface area contributed by atoms with E-state index < -0.39 is 5.66 Å². The molecule has 0 saturated carbocycles.